The lowest BCUT2D eigenvalue weighted by molar-refractivity contribution is 0.741. The van der Waals surface area contributed by atoms with E-state index in [-0.39, 0.29) is 0 Å². The Balaban J connectivity index is 1.92. The molecule has 90 valence electrons. The Morgan fingerprint density at radius 1 is 1.41 bits per heavy atom. The summed E-state index contributed by atoms with van der Waals surface area (Å²) in [4.78, 5) is 12.1. The zero-order valence-corrected chi connectivity index (χ0v) is 10.8. The van der Waals surface area contributed by atoms with Crippen LogP contribution in [-0.2, 0) is 13.5 Å². The lowest BCUT2D eigenvalue weighted by atomic mass is 10.4. The molecule has 0 unspecified atom stereocenters. The van der Waals surface area contributed by atoms with Gasteiger partial charge in [-0.2, -0.15) is 5.10 Å². The normalized spacial score (nSPS) is 10.5. The summed E-state index contributed by atoms with van der Waals surface area (Å²) in [7, 11) is 1.84. The van der Waals surface area contributed by atoms with E-state index in [9.17, 15) is 0 Å². The summed E-state index contributed by atoms with van der Waals surface area (Å²) in [5.74, 6) is 1.88. The van der Waals surface area contributed by atoms with Gasteiger partial charge in [-0.25, -0.2) is 15.0 Å². The molecule has 0 aliphatic heterocycles. The lowest BCUT2D eigenvalue weighted by Gasteiger charge is -2.06. The van der Waals surface area contributed by atoms with Crippen LogP contribution in [0, 0.1) is 0 Å². The highest BCUT2D eigenvalue weighted by atomic mass is 79.9. The number of aryl methyl sites for hydroxylation is 1. The van der Waals surface area contributed by atoms with Crippen molar-refractivity contribution in [3.63, 3.8) is 0 Å². The second-order valence-corrected chi connectivity index (χ2v) is 4.23. The first-order chi connectivity index (χ1) is 8.16. The van der Waals surface area contributed by atoms with Gasteiger partial charge in [0.05, 0.1) is 0 Å². The second-order valence-electron chi connectivity index (χ2n) is 3.43. The van der Waals surface area contributed by atoms with Gasteiger partial charge in [0, 0.05) is 20.0 Å². The summed E-state index contributed by atoms with van der Waals surface area (Å²) in [5, 5.41) is 7.32. The van der Waals surface area contributed by atoms with Gasteiger partial charge in [0.1, 0.15) is 28.8 Å². The Kier molecular flexibility index (Phi) is 3.52. The van der Waals surface area contributed by atoms with Crippen LogP contribution in [0.2, 0.25) is 0 Å². The van der Waals surface area contributed by atoms with Crippen molar-refractivity contribution in [3.05, 3.63) is 23.0 Å². The largest absolute Gasteiger partial charge is 0.383 e. The fourth-order valence-electron chi connectivity index (χ4n) is 1.30. The molecule has 0 saturated heterocycles. The molecule has 2 aromatic heterocycles. The molecule has 2 heterocycles. The first kappa shape index (κ1) is 11.8. The summed E-state index contributed by atoms with van der Waals surface area (Å²) < 4.78 is 2.35. The highest BCUT2D eigenvalue weighted by Crippen LogP contribution is 2.23. The van der Waals surface area contributed by atoms with E-state index in [1.54, 1.807) is 11.0 Å². The van der Waals surface area contributed by atoms with Gasteiger partial charge in [0.2, 0.25) is 0 Å². The number of anilines is 2. The number of nitrogens with two attached hydrogens (primary N) is 1. The molecule has 0 spiro atoms. The first-order valence-electron chi connectivity index (χ1n) is 5.01. The molecule has 0 aliphatic carbocycles. The van der Waals surface area contributed by atoms with Crippen molar-refractivity contribution >= 4 is 27.6 Å². The van der Waals surface area contributed by atoms with Gasteiger partial charge in [-0.1, -0.05) is 0 Å². The third kappa shape index (κ3) is 2.90. The standard InChI is InChI=1S/C9H12BrN7/c1-17-5-15-6(16-17)2-3-12-9-7(10)8(11)13-4-14-9/h4-5H,2-3H2,1H3,(H3,11,12,13,14). The van der Waals surface area contributed by atoms with Gasteiger partial charge in [0.25, 0.3) is 0 Å². The van der Waals surface area contributed by atoms with Crippen molar-refractivity contribution in [1.29, 1.82) is 0 Å². The summed E-state index contributed by atoms with van der Waals surface area (Å²) in [5.41, 5.74) is 5.64. The van der Waals surface area contributed by atoms with Crippen LogP contribution in [0.4, 0.5) is 11.6 Å². The Hall–Kier alpha value is -1.70. The molecule has 7 nitrogen and oxygen atoms in total. The van der Waals surface area contributed by atoms with Gasteiger partial charge in [-0.05, 0) is 15.9 Å². The molecule has 2 rings (SSSR count). The Bertz CT molecular complexity index is 510. The molecule has 0 bridgehead atoms. The van der Waals surface area contributed by atoms with Crippen molar-refractivity contribution < 1.29 is 0 Å². The van der Waals surface area contributed by atoms with E-state index in [0.29, 0.717) is 22.7 Å². The summed E-state index contributed by atoms with van der Waals surface area (Å²) in [6.07, 6.45) is 3.81. The van der Waals surface area contributed by atoms with Gasteiger partial charge < -0.3 is 11.1 Å². The Morgan fingerprint density at radius 3 is 2.94 bits per heavy atom. The van der Waals surface area contributed by atoms with E-state index < -0.39 is 0 Å². The average molecular weight is 298 g/mol. The van der Waals surface area contributed by atoms with Crippen molar-refractivity contribution in [1.82, 2.24) is 24.7 Å². The van der Waals surface area contributed by atoms with Crippen molar-refractivity contribution in [2.45, 2.75) is 6.42 Å². The van der Waals surface area contributed by atoms with Gasteiger partial charge in [-0.15, -0.1) is 0 Å². The topological polar surface area (TPSA) is 94.5 Å². The maximum Gasteiger partial charge on any atom is 0.152 e. The van der Waals surface area contributed by atoms with Crippen molar-refractivity contribution in [3.8, 4) is 0 Å². The zero-order chi connectivity index (χ0) is 12.3. The third-order valence-corrected chi connectivity index (χ3v) is 2.89. The summed E-state index contributed by atoms with van der Waals surface area (Å²) in [6.45, 7) is 0.680. The predicted molar refractivity (Wildman–Crippen MR) is 67.3 cm³/mol. The van der Waals surface area contributed by atoms with Crippen LogP contribution in [-0.4, -0.2) is 31.3 Å². The first-order valence-corrected chi connectivity index (χ1v) is 5.80. The number of halogens is 1. The van der Waals surface area contributed by atoms with Crippen LogP contribution in [0.25, 0.3) is 0 Å². The van der Waals surface area contributed by atoms with Gasteiger partial charge in [-0.3, -0.25) is 4.68 Å². The van der Waals surface area contributed by atoms with Crippen molar-refractivity contribution in [2.75, 3.05) is 17.6 Å². The number of hydrogen-bond acceptors (Lipinski definition) is 6. The Morgan fingerprint density at radius 2 is 2.24 bits per heavy atom. The quantitative estimate of drug-likeness (QED) is 0.858. The monoisotopic (exact) mass is 297 g/mol. The van der Waals surface area contributed by atoms with E-state index >= 15 is 0 Å². The second kappa shape index (κ2) is 5.09. The van der Waals surface area contributed by atoms with E-state index in [2.05, 4.69) is 41.3 Å². The highest BCUT2D eigenvalue weighted by Gasteiger charge is 2.05. The molecule has 0 saturated carbocycles. The van der Waals surface area contributed by atoms with Crippen LogP contribution in [0.1, 0.15) is 5.82 Å². The summed E-state index contributed by atoms with van der Waals surface area (Å²) >= 11 is 3.32. The molecular formula is C9H12BrN7. The number of aromatic nitrogens is 5. The average Bonchev–Trinajstić information content (AvgIpc) is 2.70. The van der Waals surface area contributed by atoms with E-state index in [0.717, 1.165) is 12.2 Å². The van der Waals surface area contributed by atoms with Crippen LogP contribution >= 0.6 is 15.9 Å². The fourth-order valence-corrected chi connectivity index (χ4v) is 1.64. The molecule has 0 amide bonds. The number of nitrogens with one attached hydrogen (secondary N) is 1. The maximum absolute atomic E-state index is 5.64. The molecule has 8 heteroatoms. The minimum atomic E-state index is 0.415. The van der Waals surface area contributed by atoms with E-state index in [1.807, 2.05) is 7.05 Å². The fraction of sp³-hybridized carbons (Fsp3) is 0.333. The lowest BCUT2D eigenvalue weighted by Crippen LogP contribution is -2.09. The molecule has 17 heavy (non-hydrogen) atoms. The van der Waals surface area contributed by atoms with Crippen molar-refractivity contribution in [2.24, 2.45) is 7.05 Å². The van der Waals surface area contributed by atoms with Crippen LogP contribution < -0.4 is 11.1 Å². The number of rotatable bonds is 4. The molecule has 0 aliphatic rings. The van der Waals surface area contributed by atoms with Gasteiger partial charge >= 0.3 is 0 Å². The van der Waals surface area contributed by atoms with Crippen LogP contribution in [0.5, 0.6) is 0 Å². The Labute approximate surface area is 107 Å². The third-order valence-electron chi connectivity index (χ3n) is 2.10. The minimum absolute atomic E-state index is 0.415. The molecule has 0 radical (unpaired) electrons. The maximum atomic E-state index is 5.64. The van der Waals surface area contributed by atoms with Crippen LogP contribution in [0.15, 0.2) is 17.1 Å². The molecule has 2 aromatic rings. The predicted octanol–water partition coefficient (Wildman–Crippen LogP) is 0.604. The smallest absolute Gasteiger partial charge is 0.152 e. The highest BCUT2D eigenvalue weighted by molar-refractivity contribution is 9.10. The zero-order valence-electron chi connectivity index (χ0n) is 9.26. The molecule has 0 aromatic carbocycles. The number of nitrogen functional groups attached to an aromatic ring is 1. The van der Waals surface area contributed by atoms with E-state index in [4.69, 9.17) is 5.73 Å². The SMILES string of the molecule is Cn1cnc(CCNc2ncnc(N)c2Br)n1. The molecule has 0 atom stereocenters. The van der Waals surface area contributed by atoms with E-state index in [1.165, 1.54) is 6.33 Å². The number of hydrogen-bond donors (Lipinski definition) is 2. The molecule has 3 N–H and O–H groups in total. The minimum Gasteiger partial charge on any atom is -0.383 e. The number of nitrogens with zero attached hydrogens (tertiary/aromatic N) is 5. The van der Waals surface area contributed by atoms with Gasteiger partial charge in [0.15, 0.2) is 5.82 Å². The van der Waals surface area contributed by atoms with Crippen LogP contribution in [0.3, 0.4) is 0 Å². The summed E-state index contributed by atoms with van der Waals surface area (Å²) in [6, 6.07) is 0. The molecular weight excluding hydrogens is 286 g/mol. The molecule has 0 fully saturated rings.